The maximum Gasteiger partial charge on any atom is 0.309 e. The van der Waals surface area contributed by atoms with E-state index in [9.17, 15) is 13.2 Å². The first-order valence-electron chi connectivity index (χ1n) is 11.8. The number of hydrogen-bond donors (Lipinski definition) is 1. The minimum atomic E-state index is -3.57. The van der Waals surface area contributed by atoms with Gasteiger partial charge in [0.25, 0.3) is 0 Å². The number of hydrogen-bond acceptors (Lipinski definition) is 6. The number of aryl methyl sites for hydroxylation is 2. The monoisotopic (exact) mass is 492 g/mol. The number of benzene rings is 3. The molecular formula is C28H32N2O4S. The molecule has 1 aliphatic rings. The van der Waals surface area contributed by atoms with Crippen molar-refractivity contribution in [2.24, 2.45) is 0 Å². The number of rotatable bonds is 7. The molecule has 4 rings (SSSR count). The Morgan fingerprint density at radius 1 is 1.00 bits per heavy atom. The third-order valence-corrected chi connectivity index (χ3v) is 8.60. The molecule has 1 saturated heterocycles. The molecule has 1 N–H and O–H groups in total. The second-order valence-corrected chi connectivity index (χ2v) is 11.2. The summed E-state index contributed by atoms with van der Waals surface area (Å²) in [6.07, 6.45) is 0.171. The molecule has 1 unspecified atom stereocenters. The highest BCUT2D eigenvalue weighted by atomic mass is 32.2. The van der Waals surface area contributed by atoms with Crippen LogP contribution >= 0.6 is 0 Å². The molecule has 0 amide bonds. The summed E-state index contributed by atoms with van der Waals surface area (Å²) in [4.78, 5) is 14.3. The van der Waals surface area contributed by atoms with Gasteiger partial charge in [-0.15, -0.1) is 0 Å². The van der Waals surface area contributed by atoms with Gasteiger partial charge in [0, 0.05) is 26.2 Å². The SMILES string of the molecule is COC(=O)Cc1ccc(-c2ccc(C)cc2)c(CN2CCNCC2S(=O)(=O)c2ccc(C)cc2)c1. The van der Waals surface area contributed by atoms with Crippen LogP contribution in [0.5, 0.6) is 0 Å². The molecule has 3 aromatic rings. The molecule has 1 atom stereocenters. The van der Waals surface area contributed by atoms with E-state index in [4.69, 9.17) is 4.74 Å². The van der Waals surface area contributed by atoms with Gasteiger partial charge in [0.2, 0.25) is 0 Å². The van der Waals surface area contributed by atoms with Gasteiger partial charge in [-0.25, -0.2) is 8.42 Å². The van der Waals surface area contributed by atoms with Crippen LogP contribution in [0, 0.1) is 13.8 Å². The lowest BCUT2D eigenvalue weighted by atomic mass is 9.95. The highest BCUT2D eigenvalue weighted by Gasteiger charge is 2.35. The van der Waals surface area contributed by atoms with Crippen molar-refractivity contribution in [1.29, 1.82) is 0 Å². The van der Waals surface area contributed by atoms with Crippen LogP contribution in [0.15, 0.2) is 71.6 Å². The molecule has 0 radical (unpaired) electrons. The summed E-state index contributed by atoms with van der Waals surface area (Å²) in [6, 6.07) is 21.3. The largest absolute Gasteiger partial charge is 0.469 e. The Balaban J connectivity index is 1.71. The molecule has 7 heteroatoms. The highest BCUT2D eigenvalue weighted by Crippen LogP contribution is 2.29. The van der Waals surface area contributed by atoms with Crippen LogP contribution in [0.25, 0.3) is 11.1 Å². The van der Waals surface area contributed by atoms with E-state index >= 15 is 0 Å². The number of methoxy groups -OCH3 is 1. The van der Waals surface area contributed by atoms with E-state index in [1.165, 1.54) is 12.7 Å². The number of esters is 1. The molecule has 184 valence electrons. The molecule has 0 aromatic heterocycles. The van der Waals surface area contributed by atoms with Crippen molar-refractivity contribution in [3.05, 3.63) is 89.0 Å². The molecule has 0 spiro atoms. The standard InChI is InChI=1S/C28H32N2O4S/c1-20-4-9-23(10-5-20)26-13-8-22(17-28(31)34-3)16-24(26)19-30-15-14-29-18-27(30)35(32,33)25-11-6-21(2)7-12-25/h4-13,16,27,29H,14-15,17-19H2,1-3H3. The molecule has 1 fully saturated rings. The zero-order valence-corrected chi connectivity index (χ0v) is 21.3. The van der Waals surface area contributed by atoms with Gasteiger partial charge in [0.1, 0.15) is 5.37 Å². The van der Waals surface area contributed by atoms with Crippen molar-refractivity contribution in [3.63, 3.8) is 0 Å². The molecule has 35 heavy (non-hydrogen) atoms. The third-order valence-electron chi connectivity index (χ3n) is 6.49. The third kappa shape index (κ3) is 5.81. The summed E-state index contributed by atoms with van der Waals surface area (Å²) in [5.41, 5.74) is 6.11. The van der Waals surface area contributed by atoms with Gasteiger partial charge in [-0.1, -0.05) is 65.7 Å². The van der Waals surface area contributed by atoms with Crippen molar-refractivity contribution < 1.29 is 17.9 Å². The fourth-order valence-corrected chi connectivity index (χ4v) is 6.19. The van der Waals surface area contributed by atoms with Crippen molar-refractivity contribution in [2.75, 3.05) is 26.7 Å². The van der Waals surface area contributed by atoms with Crippen LogP contribution < -0.4 is 5.32 Å². The fourth-order valence-electron chi connectivity index (χ4n) is 4.45. The number of piperazine rings is 1. The zero-order valence-electron chi connectivity index (χ0n) is 20.5. The molecule has 0 saturated carbocycles. The number of nitrogens with one attached hydrogen (secondary N) is 1. The Hall–Kier alpha value is -3.00. The molecule has 6 nitrogen and oxygen atoms in total. The van der Waals surface area contributed by atoms with Crippen LogP contribution in [0.4, 0.5) is 0 Å². The summed E-state index contributed by atoms with van der Waals surface area (Å²) < 4.78 is 32.1. The van der Waals surface area contributed by atoms with Gasteiger partial charge < -0.3 is 10.1 Å². The lowest BCUT2D eigenvalue weighted by Gasteiger charge is -2.36. The Kier molecular flexibility index (Phi) is 7.69. The summed E-state index contributed by atoms with van der Waals surface area (Å²) in [5.74, 6) is -0.305. The maximum atomic E-state index is 13.6. The molecule has 3 aromatic carbocycles. The van der Waals surface area contributed by atoms with Crippen LogP contribution in [0.3, 0.4) is 0 Å². The van der Waals surface area contributed by atoms with Crippen LogP contribution in [0.2, 0.25) is 0 Å². The van der Waals surface area contributed by atoms with E-state index in [-0.39, 0.29) is 12.4 Å². The van der Waals surface area contributed by atoms with Crippen LogP contribution in [-0.4, -0.2) is 51.4 Å². The first kappa shape index (κ1) is 25.1. The molecule has 1 aliphatic heterocycles. The average Bonchev–Trinajstić information content (AvgIpc) is 2.85. The molecule has 0 aliphatic carbocycles. The van der Waals surface area contributed by atoms with Gasteiger partial charge in [-0.3, -0.25) is 9.69 Å². The predicted molar refractivity (Wildman–Crippen MR) is 138 cm³/mol. The van der Waals surface area contributed by atoms with E-state index in [1.807, 2.05) is 49.1 Å². The Morgan fingerprint density at radius 3 is 2.31 bits per heavy atom. The number of sulfone groups is 1. The smallest absolute Gasteiger partial charge is 0.309 e. The lowest BCUT2D eigenvalue weighted by Crippen LogP contribution is -2.54. The predicted octanol–water partition coefficient (Wildman–Crippen LogP) is 3.89. The first-order chi connectivity index (χ1) is 16.8. The van der Waals surface area contributed by atoms with Gasteiger partial charge in [0.15, 0.2) is 9.84 Å². The Labute approximate surface area is 207 Å². The second kappa shape index (κ2) is 10.7. The maximum absolute atomic E-state index is 13.6. The van der Waals surface area contributed by atoms with E-state index in [0.29, 0.717) is 31.1 Å². The summed E-state index contributed by atoms with van der Waals surface area (Å²) in [6.45, 7) is 6.11. The van der Waals surface area contributed by atoms with Crippen molar-refractivity contribution >= 4 is 15.8 Å². The summed E-state index contributed by atoms with van der Waals surface area (Å²) in [5, 5.41) is 2.57. The highest BCUT2D eigenvalue weighted by molar-refractivity contribution is 7.92. The number of carbonyl (C=O) groups is 1. The minimum Gasteiger partial charge on any atom is -0.469 e. The number of ether oxygens (including phenoxy) is 1. The van der Waals surface area contributed by atoms with E-state index < -0.39 is 15.2 Å². The molecular weight excluding hydrogens is 460 g/mol. The van der Waals surface area contributed by atoms with Crippen LogP contribution in [-0.2, 0) is 32.3 Å². The summed E-state index contributed by atoms with van der Waals surface area (Å²) in [7, 11) is -2.19. The van der Waals surface area contributed by atoms with E-state index in [2.05, 4.69) is 29.6 Å². The minimum absolute atomic E-state index is 0.171. The van der Waals surface area contributed by atoms with Gasteiger partial charge >= 0.3 is 5.97 Å². The number of nitrogens with zero attached hydrogens (tertiary/aromatic N) is 1. The van der Waals surface area contributed by atoms with Gasteiger partial charge in [0.05, 0.1) is 18.4 Å². The summed E-state index contributed by atoms with van der Waals surface area (Å²) >= 11 is 0. The first-order valence-corrected chi connectivity index (χ1v) is 13.3. The Morgan fingerprint density at radius 2 is 1.66 bits per heavy atom. The van der Waals surface area contributed by atoms with Gasteiger partial charge in [-0.05, 0) is 48.2 Å². The zero-order chi connectivity index (χ0) is 25.0. The second-order valence-electron chi connectivity index (χ2n) is 9.10. The Bertz CT molecular complexity index is 1290. The van der Waals surface area contributed by atoms with Crippen molar-refractivity contribution in [1.82, 2.24) is 10.2 Å². The van der Waals surface area contributed by atoms with Crippen molar-refractivity contribution in [2.45, 2.75) is 37.1 Å². The number of carbonyl (C=O) groups excluding carboxylic acids is 1. The lowest BCUT2D eigenvalue weighted by molar-refractivity contribution is -0.139. The topological polar surface area (TPSA) is 75.7 Å². The van der Waals surface area contributed by atoms with E-state index in [1.54, 1.807) is 12.1 Å². The van der Waals surface area contributed by atoms with Crippen LogP contribution in [0.1, 0.15) is 22.3 Å². The molecule has 0 bridgehead atoms. The fraction of sp³-hybridized carbons (Fsp3) is 0.321. The van der Waals surface area contributed by atoms with E-state index in [0.717, 1.165) is 27.8 Å². The van der Waals surface area contributed by atoms with Crippen molar-refractivity contribution in [3.8, 4) is 11.1 Å². The molecule has 1 heterocycles. The normalized spacial score (nSPS) is 16.7. The quantitative estimate of drug-likeness (QED) is 0.505. The van der Waals surface area contributed by atoms with Gasteiger partial charge in [-0.2, -0.15) is 0 Å². The average molecular weight is 493 g/mol.